The van der Waals surface area contributed by atoms with Gasteiger partial charge in [-0.3, -0.25) is 0 Å². The average Bonchev–Trinajstić information content (AvgIpc) is 2.90. The minimum atomic E-state index is -0.445. The van der Waals surface area contributed by atoms with Crippen molar-refractivity contribution >= 4 is 0 Å². The molecular formula is C19H35NO. The normalized spacial score (nSPS) is 48.7. The minimum Gasteiger partial charge on any atom is -0.389 e. The van der Waals surface area contributed by atoms with Crippen LogP contribution in [0.4, 0.5) is 0 Å². The van der Waals surface area contributed by atoms with Gasteiger partial charge in [0, 0.05) is 12.6 Å². The van der Waals surface area contributed by atoms with Gasteiger partial charge in [-0.25, -0.2) is 0 Å². The number of aliphatic hydroxyl groups is 1. The van der Waals surface area contributed by atoms with Gasteiger partial charge >= 0.3 is 0 Å². The highest BCUT2D eigenvalue weighted by Gasteiger charge is 2.59. The van der Waals surface area contributed by atoms with Crippen molar-refractivity contribution in [3.63, 3.8) is 0 Å². The van der Waals surface area contributed by atoms with E-state index in [4.69, 9.17) is 0 Å². The summed E-state index contributed by atoms with van der Waals surface area (Å²) in [6.07, 6.45) is 9.84. The molecule has 21 heavy (non-hydrogen) atoms. The Kier molecular flexibility index (Phi) is 3.94. The van der Waals surface area contributed by atoms with Crippen LogP contribution in [0, 0.1) is 22.7 Å². The molecule has 2 bridgehead atoms. The maximum Gasteiger partial charge on any atom is 0.0771 e. The Hall–Kier alpha value is -0.0800. The Morgan fingerprint density at radius 2 is 1.71 bits per heavy atom. The lowest BCUT2D eigenvalue weighted by atomic mass is 9.68. The summed E-state index contributed by atoms with van der Waals surface area (Å²) in [5, 5.41) is 14.7. The van der Waals surface area contributed by atoms with Crippen molar-refractivity contribution in [2.45, 2.75) is 90.7 Å². The van der Waals surface area contributed by atoms with Crippen molar-refractivity contribution in [3.8, 4) is 0 Å². The number of rotatable bonds is 4. The maximum atomic E-state index is 10.9. The summed E-state index contributed by atoms with van der Waals surface area (Å²) >= 11 is 0. The highest BCUT2D eigenvalue weighted by atomic mass is 16.3. The summed E-state index contributed by atoms with van der Waals surface area (Å²) < 4.78 is 0. The third-order valence-corrected chi connectivity index (χ3v) is 7.52. The zero-order chi connectivity index (χ0) is 15.3. The largest absolute Gasteiger partial charge is 0.389 e. The molecule has 122 valence electrons. The second kappa shape index (κ2) is 5.23. The van der Waals surface area contributed by atoms with E-state index in [-0.39, 0.29) is 0 Å². The molecule has 2 N–H and O–H groups in total. The van der Waals surface area contributed by atoms with E-state index < -0.39 is 5.60 Å². The fraction of sp³-hybridized carbons (Fsp3) is 1.00. The summed E-state index contributed by atoms with van der Waals surface area (Å²) in [4.78, 5) is 0. The van der Waals surface area contributed by atoms with Gasteiger partial charge in [-0.05, 0) is 67.6 Å². The van der Waals surface area contributed by atoms with Crippen LogP contribution < -0.4 is 5.32 Å². The molecule has 0 aromatic carbocycles. The molecule has 0 amide bonds. The van der Waals surface area contributed by atoms with Gasteiger partial charge in [-0.2, -0.15) is 0 Å². The molecule has 2 heteroatoms. The molecule has 0 aromatic rings. The van der Waals surface area contributed by atoms with Crippen LogP contribution in [-0.2, 0) is 0 Å². The number of hydrogen-bond acceptors (Lipinski definition) is 2. The maximum absolute atomic E-state index is 10.9. The van der Waals surface area contributed by atoms with Crippen molar-refractivity contribution in [3.05, 3.63) is 0 Å². The fourth-order valence-corrected chi connectivity index (χ4v) is 5.90. The van der Waals surface area contributed by atoms with E-state index in [1.165, 1.54) is 38.5 Å². The van der Waals surface area contributed by atoms with Crippen LogP contribution in [-0.4, -0.2) is 23.3 Å². The van der Waals surface area contributed by atoms with Gasteiger partial charge in [0.05, 0.1) is 5.60 Å². The van der Waals surface area contributed by atoms with E-state index in [2.05, 4.69) is 33.0 Å². The molecule has 0 saturated heterocycles. The van der Waals surface area contributed by atoms with Crippen LogP contribution in [0.1, 0.15) is 79.1 Å². The van der Waals surface area contributed by atoms with E-state index in [0.717, 1.165) is 31.2 Å². The highest BCUT2D eigenvalue weighted by molar-refractivity contribution is 5.12. The summed E-state index contributed by atoms with van der Waals surface area (Å²) in [6.45, 7) is 10.4. The quantitative estimate of drug-likeness (QED) is 0.817. The van der Waals surface area contributed by atoms with Crippen molar-refractivity contribution in [2.75, 3.05) is 6.54 Å². The fourth-order valence-electron chi connectivity index (χ4n) is 5.90. The second-order valence-corrected chi connectivity index (χ2v) is 9.30. The van der Waals surface area contributed by atoms with Crippen LogP contribution in [0.15, 0.2) is 0 Å². The van der Waals surface area contributed by atoms with E-state index in [1.54, 1.807) is 0 Å². The molecule has 0 spiro atoms. The first kappa shape index (κ1) is 15.8. The zero-order valence-corrected chi connectivity index (χ0v) is 14.5. The Morgan fingerprint density at radius 1 is 1.05 bits per heavy atom. The lowest BCUT2D eigenvalue weighted by Gasteiger charge is -2.45. The Balaban J connectivity index is 1.60. The molecule has 3 saturated carbocycles. The number of nitrogens with one attached hydrogen (secondary N) is 1. The Morgan fingerprint density at radius 3 is 2.24 bits per heavy atom. The lowest BCUT2D eigenvalue weighted by molar-refractivity contribution is -0.0203. The van der Waals surface area contributed by atoms with Crippen molar-refractivity contribution in [1.29, 1.82) is 0 Å². The van der Waals surface area contributed by atoms with Crippen molar-refractivity contribution in [2.24, 2.45) is 22.7 Å². The molecule has 3 aliphatic carbocycles. The molecule has 0 radical (unpaired) electrons. The van der Waals surface area contributed by atoms with E-state index in [0.29, 0.717) is 16.9 Å². The van der Waals surface area contributed by atoms with Crippen LogP contribution in [0.25, 0.3) is 0 Å². The van der Waals surface area contributed by atoms with Gasteiger partial charge < -0.3 is 10.4 Å². The van der Waals surface area contributed by atoms with Gasteiger partial charge in [0.2, 0.25) is 0 Å². The van der Waals surface area contributed by atoms with E-state index in [9.17, 15) is 5.11 Å². The SMILES string of the molecule is CCC1CCC(O)(CNC2C(C)(C)[C@H]3CC[C@]2(C)C3)CC1. The molecular weight excluding hydrogens is 258 g/mol. The van der Waals surface area contributed by atoms with Crippen LogP contribution in [0.3, 0.4) is 0 Å². The first-order chi connectivity index (χ1) is 9.79. The van der Waals surface area contributed by atoms with Gasteiger partial charge in [0.1, 0.15) is 0 Å². The molecule has 3 rings (SSSR count). The number of fused-ring (bicyclic) bond motifs is 2. The molecule has 3 fully saturated rings. The third-order valence-electron chi connectivity index (χ3n) is 7.52. The average molecular weight is 293 g/mol. The molecule has 0 aliphatic heterocycles. The molecule has 0 aromatic heterocycles. The summed E-state index contributed by atoms with van der Waals surface area (Å²) in [5.74, 6) is 1.73. The van der Waals surface area contributed by atoms with Gasteiger partial charge in [-0.1, -0.05) is 34.1 Å². The second-order valence-electron chi connectivity index (χ2n) is 9.30. The Bertz CT molecular complexity index is 378. The van der Waals surface area contributed by atoms with Crippen LogP contribution in [0.5, 0.6) is 0 Å². The first-order valence-electron chi connectivity index (χ1n) is 9.25. The standard InChI is InChI=1S/C19H35NO/c1-5-14-6-10-19(21,11-7-14)13-20-16-17(2,3)15-8-9-18(16,4)12-15/h14-16,20-21H,5-13H2,1-4H3/t14?,15-,16?,18+,19?/m0/s1. The highest BCUT2D eigenvalue weighted by Crippen LogP contribution is 2.62. The minimum absolute atomic E-state index is 0.393. The molecule has 2 nitrogen and oxygen atoms in total. The van der Waals surface area contributed by atoms with Gasteiger partial charge in [0.25, 0.3) is 0 Å². The lowest BCUT2D eigenvalue weighted by Crippen LogP contribution is -2.55. The van der Waals surface area contributed by atoms with Crippen molar-refractivity contribution in [1.82, 2.24) is 5.32 Å². The summed E-state index contributed by atoms with van der Waals surface area (Å²) in [6, 6.07) is 0.580. The van der Waals surface area contributed by atoms with Crippen molar-refractivity contribution < 1.29 is 5.11 Å². The topological polar surface area (TPSA) is 32.3 Å². The molecule has 0 heterocycles. The first-order valence-corrected chi connectivity index (χ1v) is 9.25. The predicted octanol–water partition coefficient (Wildman–Crippen LogP) is 4.12. The van der Waals surface area contributed by atoms with Gasteiger partial charge in [-0.15, -0.1) is 0 Å². The molecule has 1 unspecified atom stereocenters. The van der Waals surface area contributed by atoms with Crippen LogP contribution in [0.2, 0.25) is 0 Å². The Labute approximate surface area is 131 Å². The summed E-state index contributed by atoms with van der Waals surface area (Å²) in [7, 11) is 0. The van der Waals surface area contributed by atoms with E-state index in [1.807, 2.05) is 0 Å². The molecule has 3 atom stereocenters. The van der Waals surface area contributed by atoms with Crippen LogP contribution >= 0.6 is 0 Å². The summed E-state index contributed by atoms with van der Waals surface area (Å²) in [5.41, 5.74) is 0.412. The third kappa shape index (κ3) is 2.67. The smallest absolute Gasteiger partial charge is 0.0771 e. The zero-order valence-electron chi connectivity index (χ0n) is 14.5. The van der Waals surface area contributed by atoms with E-state index >= 15 is 0 Å². The predicted molar refractivity (Wildman–Crippen MR) is 88.2 cm³/mol. The number of hydrogen-bond donors (Lipinski definition) is 2. The monoisotopic (exact) mass is 293 g/mol. The van der Waals surface area contributed by atoms with Gasteiger partial charge in [0.15, 0.2) is 0 Å². The molecule has 3 aliphatic rings.